The topological polar surface area (TPSA) is 28.5 Å². The van der Waals surface area contributed by atoms with Crippen LogP contribution in [0.15, 0.2) is 53.5 Å². The van der Waals surface area contributed by atoms with Crippen molar-refractivity contribution in [3.63, 3.8) is 0 Å². The van der Waals surface area contributed by atoms with Crippen molar-refractivity contribution in [3.8, 4) is 10.6 Å². The minimum Gasteiger partial charge on any atom is -0.372 e. The summed E-state index contributed by atoms with van der Waals surface area (Å²) in [6, 6.07) is 17.5. The number of fused-ring (bicyclic) bond motifs is 4. The number of nitrogens with zero attached hydrogens (tertiary/aromatic N) is 3. The summed E-state index contributed by atoms with van der Waals surface area (Å²) >= 11 is 1.83. The quantitative estimate of drug-likeness (QED) is 0.177. The molecule has 0 spiro atoms. The summed E-state index contributed by atoms with van der Waals surface area (Å²) in [5.74, 6) is 0. The highest BCUT2D eigenvalue weighted by atomic mass is 32.1. The molecule has 0 radical (unpaired) electrons. The number of anilines is 1. The van der Waals surface area contributed by atoms with Gasteiger partial charge in [-0.05, 0) is 44.5 Å². The summed E-state index contributed by atoms with van der Waals surface area (Å²) in [7, 11) is 0. The molecule has 0 N–H and O–H groups in total. The second-order valence-electron chi connectivity index (χ2n) is 7.77. The van der Waals surface area contributed by atoms with E-state index in [2.05, 4.69) is 74.2 Å². The van der Waals surface area contributed by atoms with Crippen LogP contribution in [0.5, 0.6) is 0 Å². The van der Waals surface area contributed by atoms with Crippen LogP contribution >= 0.6 is 11.3 Å². The molecule has 2 aromatic carbocycles. The molecule has 2 aromatic rings. The fourth-order valence-electron chi connectivity index (χ4n) is 4.08. The van der Waals surface area contributed by atoms with Crippen LogP contribution < -0.4 is 10.3 Å². The molecule has 0 saturated heterocycles. The van der Waals surface area contributed by atoms with Crippen LogP contribution in [0.3, 0.4) is 0 Å². The van der Waals surface area contributed by atoms with Gasteiger partial charge in [-0.2, -0.15) is 0 Å². The smallest absolute Gasteiger partial charge is 0.0889 e. The second-order valence-corrected chi connectivity index (χ2v) is 8.85. The van der Waals surface area contributed by atoms with Gasteiger partial charge in [0, 0.05) is 36.1 Å². The molecule has 1 heterocycles. The van der Waals surface area contributed by atoms with Crippen molar-refractivity contribution >= 4 is 38.0 Å². The predicted octanol–water partition coefficient (Wildman–Crippen LogP) is 6.88. The third kappa shape index (κ3) is 4.20. The van der Waals surface area contributed by atoms with E-state index >= 15 is 0 Å². The molecule has 0 unspecified atom stereocenters. The zero-order chi connectivity index (χ0) is 20.9. The first-order chi connectivity index (χ1) is 14.7. The summed E-state index contributed by atoms with van der Waals surface area (Å²) < 4.78 is 1.23. The van der Waals surface area contributed by atoms with E-state index in [1.807, 2.05) is 11.3 Å². The third-order valence-electron chi connectivity index (χ3n) is 5.78. The SMILES string of the molecule is CCCCCC/N=c1/cc2sc3cc(N(CC)CC)ccc3nc-2c2ccccc12. The molecule has 0 bridgehead atoms. The van der Waals surface area contributed by atoms with Crippen molar-refractivity contribution in [2.45, 2.75) is 46.5 Å². The first-order valence-corrected chi connectivity index (χ1v) is 12.1. The monoisotopic (exact) mass is 417 g/mol. The fourth-order valence-corrected chi connectivity index (χ4v) is 5.14. The summed E-state index contributed by atoms with van der Waals surface area (Å²) in [5.41, 5.74) is 3.42. The summed E-state index contributed by atoms with van der Waals surface area (Å²) in [4.78, 5) is 13.6. The van der Waals surface area contributed by atoms with Crippen molar-refractivity contribution in [3.05, 3.63) is 53.9 Å². The molecule has 4 heteroatoms. The Labute approximate surface area is 183 Å². The second kappa shape index (κ2) is 9.57. The maximum absolute atomic E-state index is 5.07. The average Bonchev–Trinajstić information content (AvgIpc) is 2.78. The molecule has 30 heavy (non-hydrogen) atoms. The minimum atomic E-state index is 0.896. The molecule has 156 valence electrons. The average molecular weight is 418 g/mol. The Morgan fingerprint density at radius 2 is 1.70 bits per heavy atom. The Morgan fingerprint density at radius 3 is 2.47 bits per heavy atom. The van der Waals surface area contributed by atoms with Gasteiger partial charge in [-0.3, -0.25) is 4.99 Å². The summed E-state index contributed by atoms with van der Waals surface area (Å²) in [6.45, 7) is 9.58. The van der Waals surface area contributed by atoms with Crippen LogP contribution in [-0.2, 0) is 0 Å². The first kappa shape index (κ1) is 20.8. The first-order valence-electron chi connectivity index (χ1n) is 11.3. The van der Waals surface area contributed by atoms with E-state index in [0.717, 1.165) is 42.6 Å². The minimum absolute atomic E-state index is 0.896. The van der Waals surface area contributed by atoms with Gasteiger partial charge in [0.1, 0.15) is 0 Å². The van der Waals surface area contributed by atoms with E-state index < -0.39 is 0 Å². The van der Waals surface area contributed by atoms with E-state index in [1.54, 1.807) is 0 Å². The molecular weight excluding hydrogens is 386 g/mol. The maximum atomic E-state index is 5.07. The van der Waals surface area contributed by atoms with Crippen molar-refractivity contribution in [2.24, 2.45) is 4.99 Å². The highest BCUT2D eigenvalue weighted by molar-refractivity contribution is 7.21. The third-order valence-corrected chi connectivity index (χ3v) is 6.86. The van der Waals surface area contributed by atoms with Gasteiger partial charge in [0.25, 0.3) is 0 Å². The van der Waals surface area contributed by atoms with Crippen molar-refractivity contribution in [1.82, 2.24) is 4.98 Å². The van der Waals surface area contributed by atoms with Crippen molar-refractivity contribution in [1.29, 1.82) is 0 Å². The summed E-state index contributed by atoms with van der Waals surface area (Å²) in [5, 5.41) is 3.51. The van der Waals surface area contributed by atoms with Gasteiger partial charge in [-0.1, -0.05) is 50.5 Å². The summed E-state index contributed by atoms with van der Waals surface area (Å²) in [6.07, 6.45) is 4.97. The van der Waals surface area contributed by atoms with Crippen LogP contribution in [-0.4, -0.2) is 24.6 Å². The Balaban J connectivity index is 1.85. The Morgan fingerprint density at radius 1 is 0.900 bits per heavy atom. The van der Waals surface area contributed by atoms with Gasteiger partial charge in [-0.15, -0.1) is 11.3 Å². The molecule has 4 rings (SSSR count). The molecule has 1 aliphatic carbocycles. The van der Waals surface area contributed by atoms with Gasteiger partial charge in [0.15, 0.2) is 0 Å². The van der Waals surface area contributed by atoms with E-state index in [0.29, 0.717) is 0 Å². The normalized spacial score (nSPS) is 12.3. The van der Waals surface area contributed by atoms with Gasteiger partial charge in [0.05, 0.1) is 26.1 Å². The number of aromatic nitrogens is 1. The van der Waals surface area contributed by atoms with Gasteiger partial charge in [-0.25, -0.2) is 4.98 Å². The maximum Gasteiger partial charge on any atom is 0.0889 e. The van der Waals surface area contributed by atoms with E-state index in [4.69, 9.17) is 9.98 Å². The Bertz CT molecular complexity index is 1170. The fraction of sp³-hybridized carbons (Fsp3) is 0.385. The number of unbranched alkanes of at least 4 members (excludes halogenated alkanes) is 3. The van der Waals surface area contributed by atoms with Crippen LogP contribution in [0, 0.1) is 0 Å². The molecule has 0 atom stereocenters. The van der Waals surface area contributed by atoms with Gasteiger partial charge >= 0.3 is 0 Å². The predicted molar refractivity (Wildman–Crippen MR) is 132 cm³/mol. The number of benzene rings is 3. The Kier molecular flexibility index (Phi) is 6.63. The highest BCUT2D eigenvalue weighted by Crippen LogP contribution is 2.35. The van der Waals surface area contributed by atoms with Crippen molar-refractivity contribution < 1.29 is 0 Å². The molecule has 0 fully saturated rings. The largest absolute Gasteiger partial charge is 0.372 e. The zero-order valence-corrected chi connectivity index (χ0v) is 19.1. The lowest BCUT2D eigenvalue weighted by Crippen LogP contribution is -2.21. The van der Waals surface area contributed by atoms with Crippen LogP contribution in [0.2, 0.25) is 0 Å². The van der Waals surface area contributed by atoms with Crippen LogP contribution in [0.1, 0.15) is 46.5 Å². The molecule has 2 aliphatic rings. The lowest BCUT2D eigenvalue weighted by Gasteiger charge is -2.21. The molecule has 1 aliphatic heterocycles. The lowest BCUT2D eigenvalue weighted by atomic mass is 10.1. The number of hydrogen-bond donors (Lipinski definition) is 0. The van der Waals surface area contributed by atoms with E-state index in [1.165, 1.54) is 45.3 Å². The Hall–Kier alpha value is -2.46. The lowest BCUT2D eigenvalue weighted by molar-refractivity contribution is 0.671. The van der Waals surface area contributed by atoms with Crippen molar-refractivity contribution in [2.75, 3.05) is 24.5 Å². The molecular formula is C26H31N3S. The zero-order valence-electron chi connectivity index (χ0n) is 18.3. The van der Waals surface area contributed by atoms with Crippen LogP contribution in [0.25, 0.3) is 31.6 Å². The van der Waals surface area contributed by atoms with Gasteiger partial charge < -0.3 is 4.90 Å². The highest BCUT2D eigenvalue weighted by Gasteiger charge is 2.14. The van der Waals surface area contributed by atoms with E-state index in [-0.39, 0.29) is 0 Å². The molecule has 3 nitrogen and oxygen atoms in total. The molecule has 0 aromatic heterocycles. The standard InChI is InChI=1S/C26H31N3S/c1-4-7-8-11-16-27-23-18-25-26(21-13-10-9-12-20(21)23)28-22-15-14-19(17-24(22)30-25)29(5-2)6-3/h9-10,12-15,17-18H,4-8,11,16H2,1-3H3/b27-23-. The number of rotatable bonds is 8. The van der Waals surface area contributed by atoms with E-state index in [9.17, 15) is 0 Å². The van der Waals surface area contributed by atoms with Gasteiger partial charge in [0.2, 0.25) is 0 Å². The molecule has 0 saturated carbocycles. The number of hydrogen-bond acceptors (Lipinski definition) is 4. The van der Waals surface area contributed by atoms with Crippen LogP contribution in [0.4, 0.5) is 5.69 Å². The molecule has 0 amide bonds.